The second kappa shape index (κ2) is 8.86. The Hall–Kier alpha value is -3.24. The first kappa shape index (κ1) is 22.4. The number of benzene rings is 3. The van der Waals surface area contributed by atoms with Gasteiger partial charge < -0.3 is 9.47 Å². The van der Waals surface area contributed by atoms with Crippen LogP contribution in [0.15, 0.2) is 76.5 Å². The van der Waals surface area contributed by atoms with Crippen LogP contribution in [0.25, 0.3) is 0 Å². The van der Waals surface area contributed by atoms with Crippen LogP contribution < -0.4 is 18.9 Å². The molecule has 0 heterocycles. The van der Waals surface area contributed by atoms with Crippen LogP contribution in [-0.2, 0) is 20.0 Å². The van der Waals surface area contributed by atoms with Gasteiger partial charge >= 0.3 is 0 Å². The Labute approximate surface area is 181 Å². The maximum absolute atomic E-state index is 12.8. The molecule has 0 saturated carbocycles. The highest BCUT2D eigenvalue weighted by atomic mass is 32.2. The highest BCUT2D eigenvalue weighted by Gasteiger charge is 2.21. The molecule has 0 unspecified atom stereocenters. The van der Waals surface area contributed by atoms with E-state index in [4.69, 9.17) is 9.47 Å². The molecule has 164 valence electrons. The quantitative estimate of drug-likeness (QED) is 0.529. The van der Waals surface area contributed by atoms with Crippen molar-refractivity contribution in [3.05, 3.63) is 72.3 Å². The molecule has 0 radical (unpaired) electrons. The third kappa shape index (κ3) is 5.28. The van der Waals surface area contributed by atoms with Gasteiger partial charge in [-0.3, -0.25) is 9.44 Å². The average molecular weight is 463 g/mol. The van der Waals surface area contributed by atoms with Gasteiger partial charge in [0.15, 0.2) is 0 Å². The van der Waals surface area contributed by atoms with Gasteiger partial charge in [-0.05, 0) is 67.1 Å². The molecule has 0 saturated heterocycles. The Morgan fingerprint density at radius 3 is 1.97 bits per heavy atom. The van der Waals surface area contributed by atoms with Crippen LogP contribution in [0.5, 0.6) is 11.5 Å². The third-order valence-corrected chi connectivity index (χ3v) is 7.11. The molecular weight excluding hydrogens is 440 g/mol. The molecule has 0 atom stereocenters. The maximum atomic E-state index is 12.8. The zero-order valence-electron chi connectivity index (χ0n) is 17.1. The minimum atomic E-state index is -3.99. The molecule has 0 aliphatic carbocycles. The summed E-state index contributed by atoms with van der Waals surface area (Å²) >= 11 is 0. The highest BCUT2D eigenvalue weighted by molar-refractivity contribution is 7.93. The van der Waals surface area contributed by atoms with E-state index >= 15 is 0 Å². The second-order valence-corrected chi connectivity index (χ2v) is 9.98. The monoisotopic (exact) mass is 462 g/mol. The molecule has 10 heteroatoms. The Kier molecular flexibility index (Phi) is 6.42. The largest absolute Gasteiger partial charge is 0.497 e. The van der Waals surface area contributed by atoms with Gasteiger partial charge in [-0.25, -0.2) is 16.8 Å². The zero-order valence-corrected chi connectivity index (χ0v) is 18.7. The third-order valence-electron chi connectivity index (χ3n) is 4.37. The second-order valence-electron chi connectivity index (χ2n) is 6.62. The van der Waals surface area contributed by atoms with E-state index in [-0.39, 0.29) is 21.2 Å². The molecule has 0 spiro atoms. The fraction of sp³-hybridized carbons (Fsp3) is 0.143. The van der Waals surface area contributed by atoms with Crippen LogP contribution in [0.4, 0.5) is 11.4 Å². The number of rotatable bonds is 8. The van der Waals surface area contributed by atoms with Crippen molar-refractivity contribution in [2.24, 2.45) is 0 Å². The highest BCUT2D eigenvalue weighted by Crippen LogP contribution is 2.30. The Morgan fingerprint density at radius 2 is 1.35 bits per heavy atom. The summed E-state index contributed by atoms with van der Waals surface area (Å²) in [4.78, 5) is -0.0785. The Morgan fingerprint density at radius 1 is 0.710 bits per heavy atom. The van der Waals surface area contributed by atoms with Crippen molar-refractivity contribution in [3.63, 3.8) is 0 Å². The molecule has 3 aromatic rings. The first-order valence-electron chi connectivity index (χ1n) is 9.09. The first-order valence-corrected chi connectivity index (χ1v) is 12.1. The molecule has 8 nitrogen and oxygen atoms in total. The molecule has 2 N–H and O–H groups in total. The first-order chi connectivity index (χ1) is 14.6. The van der Waals surface area contributed by atoms with Gasteiger partial charge in [-0.15, -0.1) is 0 Å². The summed E-state index contributed by atoms with van der Waals surface area (Å²) in [6.45, 7) is 1.78. The fourth-order valence-corrected chi connectivity index (χ4v) is 5.04. The number of hydrogen-bond acceptors (Lipinski definition) is 6. The maximum Gasteiger partial charge on any atom is 0.262 e. The lowest BCUT2D eigenvalue weighted by Gasteiger charge is -2.15. The molecule has 0 bridgehead atoms. The molecule has 0 fully saturated rings. The zero-order chi connectivity index (χ0) is 22.6. The number of ether oxygens (including phenoxy) is 2. The molecule has 31 heavy (non-hydrogen) atoms. The lowest BCUT2D eigenvalue weighted by Crippen LogP contribution is -2.16. The van der Waals surface area contributed by atoms with Crippen molar-refractivity contribution in [1.82, 2.24) is 0 Å². The summed E-state index contributed by atoms with van der Waals surface area (Å²) in [5.74, 6) is 0.764. The summed E-state index contributed by atoms with van der Waals surface area (Å²) in [6, 6.07) is 16.6. The predicted octanol–water partition coefficient (Wildman–Crippen LogP) is 3.61. The topological polar surface area (TPSA) is 111 Å². The lowest BCUT2D eigenvalue weighted by molar-refractivity contribution is 0.415. The minimum absolute atomic E-state index is 0.00149. The minimum Gasteiger partial charge on any atom is -0.497 e. The number of sulfonamides is 2. The van der Waals surface area contributed by atoms with E-state index in [2.05, 4.69) is 9.44 Å². The molecule has 0 amide bonds. The molecule has 0 aromatic heterocycles. The van der Waals surface area contributed by atoms with Gasteiger partial charge in [0.2, 0.25) is 0 Å². The van der Waals surface area contributed by atoms with Crippen molar-refractivity contribution in [3.8, 4) is 11.5 Å². The number of hydrogen-bond donors (Lipinski definition) is 2. The fourth-order valence-electron chi connectivity index (χ4n) is 2.79. The summed E-state index contributed by atoms with van der Waals surface area (Å²) in [5, 5.41) is 0. The molecule has 3 aromatic carbocycles. The van der Waals surface area contributed by atoms with E-state index < -0.39 is 20.0 Å². The van der Waals surface area contributed by atoms with Crippen LogP contribution in [-0.4, -0.2) is 31.1 Å². The van der Waals surface area contributed by atoms with E-state index in [1.807, 2.05) is 0 Å². The van der Waals surface area contributed by atoms with Crippen molar-refractivity contribution >= 4 is 31.4 Å². The lowest BCUT2D eigenvalue weighted by atomic mass is 10.2. The summed E-state index contributed by atoms with van der Waals surface area (Å²) in [5.41, 5.74) is 1.11. The molecule has 3 rings (SSSR count). The number of nitrogens with one attached hydrogen (secondary N) is 2. The van der Waals surface area contributed by atoms with Crippen molar-refractivity contribution in [2.75, 3.05) is 23.7 Å². The van der Waals surface area contributed by atoms with Crippen molar-refractivity contribution < 1.29 is 26.3 Å². The van der Waals surface area contributed by atoms with E-state index in [9.17, 15) is 16.8 Å². The summed E-state index contributed by atoms with van der Waals surface area (Å²) in [6.07, 6.45) is 0. The number of aryl methyl sites for hydroxylation is 1. The van der Waals surface area contributed by atoms with Crippen LogP contribution in [0.2, 0.25) is 0 Å². The Bertz CT molecular complexity index is 1290. The molecular formula is C21H22N2O6S2. The van der Waals surface area contributed by atoms with Crippen molar-refractivity contribution in [2.45, 2.75) is 16.7 Å². The number of methoxy groups -OCH3 is 2. The predicted molar refractivity (Wildman–Crippen MR) is 119 cm³/mol. The van der Waals surface area contributed by atoms with Gasteiger partial charge in [0, 0.05) is 5.69 Å². The van der Waals surface area contributed by atoms with Gasteiger partial charge in [-0.1, -0.05) is 12.1 Å². The summed E-state index contributed by atoms with van der Waals surface area (Å²) < 4.78 is 66.4. The van der Waals surface area contributed by atoms with Crippen LogP contribution in [0.1, 0.15) is 5.56 Å². The van der Waals surface area contributed by atoms with Crippen molar-refractivity contribution in [1.29, 1.82) is 0 Å². The van der Waals surface area contributed by atoms with E-state index in [1.165, 1.54) is 44.6 Å². The molecule has 0 aliphatic rings. The standard InChI is InChI=1S/C21H22N2O6S2/c1-15-5-4-6-18(13-15)31(26,27)23-20-14-19(11-12-21(20)29-3)30(24,25)22-16-7-9-17(28-2)10-8-16/h4-14,22-23H,1-3H3. The smallest absolute Gasteiger partial charge is 0.262 e. The normalized spacial score (nSPS) is 11.6. The van der Waals surface area contributed by atoms with E-state index in [1.54, 1.807) is 43.3 Å². The molecule has 0 aliphatic heterocycles. The SMILES string of the molecule is COc1ccc(NS(=O)(=O)c2ccc(OC)c(NS(=O)(=O)c3cccc(C)c3)c2)cc1. The van der Waals surface area contributed by atoms with Crippen LogP contribution >= 0.6 is 0 Å². The van der Waals surface area contributed by atoms with Gasteiger partial charge in [-0.2, -0.15) is 0 Å². The van der Waals surface area contributed by atoms with Gasteiger partial charge in [0.25, 0.3) is 20.0 Å². The van der Waals surface area contributed by atoms with E-state index in [0.29, 0.717) is 11.4 Å². The van der Waals surface area contributed by atoms with Gasteiger partial charge in [0.1, 0.15) is 11.5 Å². The van der Waals surface area contributed by atoms with Crippen LogP contribution in [0, 0.1) is 6.92 Å². The van der Waals surface area contributed by atoms with E-state index in [0.717, 1.165) is 5.56 Å². The Balaban J connectivity index is 1.94. The summed E-state index contributed by atoms with van der Waals surface area (Å²) in [7, 11) is -5.07. The van der Waals surface area contributed by atoms with Gasteiger partial charge in [0.05, 0.1) is 29.7 Å². The van der Waals surface area contributed by atoms with Crippen LogP contribution in [0.3, 0.4) is 0 Å². The number of anilines is 2. The average Bonchev–Trinajstić information content (AvgIpc) is 2.74.